The minimum absolute atomic E-state index is 0.0533. The van der Waals surface area contributed by atoms with Gasteiger partial charge in [0.1, 0.15) is 11.2 Å². The molecule has 1 aromatic heterocycles. The topological polar surface area (TPSA) is 47.3 Å². The molecule has 0 saturated heterocycles. The molecule has 3 rings (SSSR count). The Balaban J connectivity index is 2.37. The van der Waals surface area contributed by atoms with Crippen molar-refractivity contribution in [2.45, 2.75) is 12.8 Å². The van der Waals surface area contributed by atoms with E-state index in [-0.39, 0.29) is 11.6 Å². The van der Waals surface area contributed by atoms with Gasteiger partial charge in [0.2, 0.25) is 0 Å². The van der Waals surface area contributed by atoms with Gasteiger partial charge in [-0.3, -0.25) is 9.59 Å². The lowest BCUT2D eigenvalue weighted by Crippen LogP contribution is -2.29. The molecule has 3 heteroatoms. The van der Waals surface area contributed by atoms with Crippen molar-refractivity contribution in [1.82, 2.24) is 0 Å². The highest BCUT2D eigenvalue weighted by molar-refractivity contribution is 6.09. The molecule has 0 aromatic carbocycles. The lowest BCUT2D eigenvalue weighted by molar-refractivity contribution is -0.114. The SMILES string of the molecule is O=C1C=c2c3c(oc2=CC1)C=CC(=O)C3. The third-order valence-corrected chi connectivity index (χ3v) is 2.67. The molecule has 74 valence electrons. The first-order valence-electron chi connectivity index (χ1n) is 4.81. The van der Waals surface area contributed by atoms with Crippen LogP contribution in [0.15, 0.2) is 10.5 Å². The zero-order chi connectivity index (χ0) is 10.4. The van der Waals surface area contributed by atoms with Crippen molar-refractivity contribution in [1.29, 1.82) is 0 Å². The molecule has 2 aliphatic carbocycles. The quantitative estimate of drug-likeness (QED) is 0.590. The molecule has 0 atom stereocenters. The van der Waals surface area contributed by atoms with E-state index in [0.717, 1.165) is 16.2 Å². The summed E-state index contributed by atoms with van der Waals surface area (Å²) in [5.74, 6) is 0.826. The lowest BCUT2D eigenvalue weighted by atomic mass is 10.00. The van der Waals surface area contributed by atoms with Gasteiger partial charge in [-0.25, -0.2) is 0 Å². The predicted molar refractivity (Wildman–Crippen MR) is 54.3 cm³/mol. The first-order valence-corrected chi connectivity index (χ1v) is 4.81. The van der Waals surface area contributed by atoms with Gasteiger partial charge in [0, 0.05) is 23.6 Å². The fourth-order valence-corrected chi connectivity index (χ4v) is 1.96. The molecule has 15 heavy (non-hydrogen) atoms. The number of ketones is 2. The highest BCUT2D eigenvalue weighted by Gasteiger charge is 2.18. The smallest absolute Gasteiger partial charge is 0.160 e. The summed E-state index contributed by atoms with van der Waals surface area (Å²) >= 11 is 0. The maximum absolute atomic E-state index is 11.3. The molecule has 2 aliphatic rings. The number of fused-ring (bicyclic) bond motifs is 3. The zero-order valence-corrected chi connectivity index (χ0v) is 7.95. The molecule has 0 saturated carbocycles. The van der Waals surface area contributed by atoms with Crippen LogP contribution in [0.4, 0.5) is 0 Å². The Kier molecular flexibility index (Phi) is 1.57. The highest BCUT2D eigenvalue weighted by Crippen LogP contribution is 2.13. The van der Waals surface area contributed by atoms with Crippen molar-refractivity contribution in [2.75, 3.05) is 0 Å². The average Bonchev–Trinajstić information content (AvgIpc) is 2.56. The summed E-state index contributed by atoms with van der Waals surface area (Å²) in [5, 5.41) is 0.791. The van der Waals surface area contributed by atoms with E-state index in [1.807, 2.05) is 0 Å². The van der Waals surface area contributed by atoms with E-state index in [1.165, 1.54) is 6.08 Å². The molecule has 0 fully saturated rings. The lowest BCUT2D eigenvalue weighted by Gasteiger charge is -2.01. The molecule has 0 N–H and O–H groups in total. The fourth-order valence-electron chi connectivity index (χ4n) is 1.96. The van der Waals surface area contributed by atoms with Crippen LogP contribution in [0.1, 0.15) is 17.7 Å². The van der Waals surface area contributed by atoms with Gasteiger partial charge < -0.3 is 4.42 Å². The Labute approximate surface area is 85.4 Å². The third kappa shape index (κ3) is 1.20. The van der Waals surface area contributed by atoms with Crippen LogP contribution in [0.2, 0.25) is 0 Å². The van der Waals surface area contributed by atoms with E-state index in [4.69, 9.17) is 4.42 Å². The molecular weight excluding hydrogens is 192 g/mol. The Morgan fingerprint density at radius 1 is 1.13 bits per heavy atom. The second-order valence-electron chi connectivity index (χ2n) is 3.72. The summed E-state index contributed by atoms with van der Waals surface area (Å²) in [6.45, 7) is 0. The van der Waals surface area contributed by atoms with Crippen LogP contribution in [-0.2, 0) is 16.0 Å². The molecular formula is C12H8O3. The summed E-state index contributed by atoms with van der Waals surface area (Å²) in [6, 6.07) is 0. The van der Waals surface area contributed by atoms with Crippen molar-refractivity contribution in [3.8, 4) is 0 Å². The van der Waals surface area contributed by atoms with E-state index < -0.39 is 0 Å². The van der Waals surface area contributed by atoms with E-state index in [9.17, 15) is 9.59 Å². The standard InChI is InChI=1S/C12H8O3/c13-7-1-3-11-9(5-7)10-6-8(14)2-4-12(10)15-11/h1,3-4,6H,2,5H2. The largest absolute Gasteiger partial charge is 0.457 e. The van der Waals surface area contributed by atoms with Crippen molar-refractivity contribution < 1.29 is 14.0 Å². The van der Waals surface area contributed by atoms with Crippen molar-refractivity contribution in [3.05, 3.63) is 28.0 Å². The molecule has 0 amide bonds. The molecule has 3 nitrogen and oxygen atoms in total. The van der Waals surface area contributed by atoms with Crippen LogP contribution in [-0.4, -0.2) is 11.6 Å². The van der Waals surface area contributed by atoms with Gasteiger partial charge in [-0.1, -0.05) is 0 Å². The Bertz CT molecular complexity index is 614. The fraction of sp³-hybridized carbons (Fsp3) is 0.167. The number of hydrogen-bond acceptors (Lipinski definition) is 3. The van der Waals surface area contributed by atoms with Gasteiger partial charge >= 0.3 is 0 Å². The van der Waals surface area contributed by atoms with E-state index >= 15 is 0 Å². The van der Waals surface area contributed by atoms with Crippen LogP contribution in [0.3, 0.4) is 0 Å². The van der Waals surface area contributed by atoms with Gasteiger partial charge in [-0.2, -0.15) is 0 Å². The second kappa shape index (κ2) is 2.79. The highest BCUT2D eigenvalue weighted by atomic mass is 16.3. The van der Waals surface area contributed by atoms with Gasteiger partial charge in [0.25, 0.3) is 0 Å². The van der Waals surface area contributed by atoms with E-state index in [2.05, 4.69) is 0 Å². The number of allylic oxidation sites excluding steroid dienone is 1. The van der Waals surface area contributed by atoms with Gasteiger partial charge in [0.05, 0.1) is 0 Å². The number of hydrogen-bond donors (Lipinski definition) is 0. The van der Waals surface area contributed by atoms with Crippen molar-refractivity contribution in [2.24, 2.45) is 0 Å². The minimum Gasteiger partial charge on any atom is -0.457 e. The van der Waals surface area contributed by atoms with Crippen LogP contribution in [0.5, 0.6) is 0 Å². The molecule has 0 unspecified atom stereocenters. The molecule has 0 aliphatic heterocycles. The summed E-state index contributed by atoms with van der Waals surface area (Å²) < 4.78 is 5.55. The molecule has 0 radical (unpaired) electrons. The molecule has 1 heterocycles. The Hall–Kier alpha value is -1.90. The van der Waals surface area contributed by atoms with E-state index in [1.54, 1.807) is 18.2 Å². The molecule has 0 bridgehead atoms. The average molecular weight is 200 g/mol. The van der Waals surface area contributed by atoms with E-state index in [0.29, 0.717) is 18.6 Å². The van der Waals surface area contributed by atoms with Crippen LogP contribution >= 0.6 is 0 Å². The zero-order valence-electron chi connectivity index (χ0n) is 7.95. The number of furan rings is 1. The monoisotopic (exact) mass is 200 g/mol. The second-order valence-corrected chi connectivity index (χ2v) is 3.72. The van der Waals surface area contributed by atoms with Crippen molar-refractivity contribution in [3.63, 3.8) is 0 Å². The number of carbonyl (C=O) groups is 2. The molecule has 1 aromatic rings. The van der Waals surface area contributed by atoms with Gasteiger partial charge in [-0.15, -0.1) is 0 Å². The van der Waals surface area contributed by atoms with Crippen LogP contribution in [0, 0.1) is 0 Å². The summed E-state index contributed by atoms with van der Waals surface area (Å²) in [4.78, 5) is 22.5. The van der Waals surface area contributed by atoms with Crippen LogP contribution in [0.25, 0.3) is 18.2 Å². The first kappa shape index (κ1) is 8.41. The summed E-state index contributed by atoms with van der Waals surface area (Å²) in [5.41, 5.74) is 1.57. The normalized spacial score (nSPS) is 17.9. The number of rotatable bonds is 0. The van der Waals surface area contributed by atoms with Gasteiger partial charge in [0.15, 0.2) is 11.6 Å². The number of carbonyl (C=O) groups excluding carboxylic acids is 2. The summed E-state index contributed by atoms with van der Waals surface area (Å²) in [6.07, 6.45) is 7.25. The molecule has 0 spiro atoms. The minimum atomic E-state index is 0.0533. The summed E-state index contributed by atoms with van der Waals surface area (Å²) in [7, 11) is 0. The van der Waals surface area contributed by atoms with Gasteiger partial charge in [-0.05, 0) is 24.3 Å². The Morgan fingerprint density at radius 3 is 2.87 bits per heavy atom. The maximum Gasteiger partial charge on any atom is 0.160 e. The Morgan fingerprint density at radius 2 is 2.00 bits per heavy atom. The number of Topliss-reactive ketones (excluding diaryl/α,β-unsaturated/α-hetero) is 1. The first-order chi connectivity index (χ1) is 7.24. The van der Waals surface area contributed by atoms with Crippen LogP contribution < -0.4 is 10.6 Å². The third-order valence-electron chi connectivity index (χ3n) is 2.67. The predicted octanol–water partition coefficient (Wildman–Crippen LogP) is -0.0482. The van der Waals surface area contributed by atoms with Crippen molar-refractivity contribution >= 4 is 29.8 Å². The maximum atomic E-state index is 11.3.